The highest BCUT2D eigenvalue weighted by atomic mass is 32.2. The molecule has 2 aromatic carbocycles. The molecule has 31 heavy (non-hydrogen) atoms. The fourth-order valence-corrected chi connectivity index (χ4v) is 5.37. The molecule has 168 valence electrons. The Bertz CT molecular complexity index is 1020. The number of hydrogen-bond donors (Lipinski definition) is 1. The smallest absolute Gasteiger partial charge is 0.262 e. The van der Waals surface area contributed by atoms with Crippen LogP contribution < -0.4 is 10.1 Å². The second-order valence-electron chi connectivity index (χ2n) is 7.93. The fourth-order valence-electron chi connectivity index (χ4n) is 3.90. The summed E-state index contributed by atoms with van der Waals surface area (Å²) in [7, 11) is -3.60. The number of sulfonamides is 1. The number of amides is 1. The van der Waals surface area contributed by atoms with Gasteiger partial charge in [-0.15, -0.1) is 0 Å². The Labute approximate surface area is 185 Å². The summed E-state index contributed by atoms with van der Waals surface area (Å²) in [6.07, 6.45) is 0. The van der Waals surface area contributed by atoms with E-state index >= 15 is 0 Å². The zero-order chi connectivity index (χ0) is 22.6. The second-order valence-corrected chi connectivity index (χ2v) is 9.87. The van der Waals surface area contributed by atoms with Crippen molar-refractivity contribution in [3.8, 4) is 5.75 Å². The van der Waals surface area contributed by atoms with Crippen LogP contribution in [0.25, 0.3) is 0 Å². The SMILES string of the molecule is CCN1CCN(S(=O)(=O)c2cccc(NC(=O)COc3c(C)cc(C)cc3C)c2)CC1. The number of benzene rings is 2. The van der Waals surface area contributed by atoms with Gasteiger partial charge >= 0.3 is 0 Å². The summed E-state index contributed by atoms with van der Waals surface area (Å²) in [6, 6.07) is 10.4. The van der Waals surface area contributed by atoms with E-state index in [4.69, 9.17) is 4.74 Å². The number of carbonyl (C=O) groups excluding carboxylic acids is 1. The Kier molecular flexibility index (Phi) is 7.35. The Morgan fingerprint density at radius 3 is 2.29 bits per heavy atom. The van der Waals surface area contributed by atoms with E-state index in [0.717, 1.165) is 36.3 Å². The molecule has 1 saturated heterocycles. The first-order valence-corrected chi connectivity index (χ1v) is 12.0. The number of aryl methyl sites for hydroxylation is 3. The molecule has 0 aromatic heterocycles. The van der Waals surface area contributed by atoms with E-state index in [1.165, 1.54) is 10.4 Å². The number of piperazine rings is 1. The van der Waals surface area contributed by atoms with Gasteiger partial charge in [0.15, 0.2) is 6.61 Å². The van der Waals surface area contributed by atoms with Crippen molar-refractivity contribution in [3.05, 3.63) is 53.1 Å². The Morgan fingerprint density at radius 2 is 1.68 bits per heavy atom. The van der Waals surface area contributed by atoms with Crippen molar-refractivity contribution in [1.29, 1.82) is 0 Å². The molecule has 0 atom stereocenters. The highest BCUT2D eigenvalue weighted by molar-refractivity contribution is 7.89. The first-order chi connectivity index (χ1) is 14.7. The van der Waals surface area contributed by atoms with E-state index in [1.807, 2.05) is 32.9 Å². The number of nitrogens with zero attached hydrogens (tertiary/aromatic N) is 2. The van der Waals surface area contributed by atoms with Crippen LogP contribution in [0.1, 0.15) is 23.6 Å². The summed E-state index contributed by atoms with van der Waals surface area (Å²) in [4.78, 5) is 14.8. The first kappa shape index (κ1) is 23.2. The highest BCUT2D eigenvalue weighted by Crippen LogP contribution is 2.25. The highest BCUT2D eigenvalue weighted by Gasteiger charge is 2.28. The van der Waals surface area contributed by atoms with E-state index in [2.05, 4.69) is 17.1 Å². The van der Waals surface area contributed by atoms with Crippen LogP contribution in [-0.2, 0) is 14.8 Å². The molecule has 2 aromatic rings. The van der Waals surface area contributed by atoms with Gasteiger partial charge < -0.3 is 15.0 Å². The summed E-state index contributed by atoms with van der Waals surface area (Å²) < 4.78 is 33.2. The van der Waals surface area contributed by atoms with Gasteiger partial charge in [0, 0.05) is 31.9 Å². The molecular weight excluding hydrogens is 414 g/mol. The van der Waals surface area contributed by atoms with Gasteiger partial charge in [0.25, 0.3) is 5.91 Å². The first-order valence-electron chi connectivity index (χ1n) is 10.5. The third-order valence-electron chi connectivity index (χ3n) is 5.49. The molecule has 0 unspecified atom stereocenters. The lowest BCUT2D eigenvalue weighted by atomic mass is 10.1. The van der Waals surface area contributed by atoms with E-state index in [-0.39, 0.29) is 17.4 Å². The van der Waals surface area contributed by atoms with Crippen molar-refractivity contribution >= 4 is 21.6 Å². The number of ether oxygens (including phenoxy) is 1. The van der Waals surface area contributed by atoms with Gasteiger partial charge in [0.05, 0.1) is 4.90 Å². The number of hydrogen-bond acceptors (Lipinski definition) is 5. The molecule has 1 heterocycles. The standard InChI is InChI=1S/C23H31N3O4S/c1-5-25-9-11-26(12-10-25)31(28,29)21-8-6-7-20(15-21)24-22(27)16-30-23-18(3)13-17(2)14-19(23)4/h6-8,13-15H,5,9-12,16H2,1-4H3,(H,24,27). The number of nitrogens with one attached hydrogen (secondary N) is 1. The van der Waals surface area contributed by atoms with E-state index in [9.17, 15) is 13.2 Å². The largest absolute Gasteiger partial charge is 0.483 e. The maximum Gasteiger partial charge on any atom is 0.262 e. The lowest BCUT2D eigenvalue weighted by Gasteiger charge is -2.33. The van der Waals surface area contributed by atoms with Crippen LogP contribution >= 0.6 is 0 Å². The normalized spacial score (nSPS) is 15.6. The van der Waals surface area contributed by atoms with Crippen LogP contribution in [-0.4, -0.2) is 62.9 Å². The van der Waals surface area contributed by atoms with Crippen molar-refractivity contribution in [1.82, 2.24) is 9.21 Å². The lowest BCUT2D eigenvalue weighted by molar-refractivity contribution is -0.118. The average Bonchev–Trinajstić information content (AvgIpc) is 2.73. The van der Waals surface area contributed by atoms with E-state index < -0.39 is 10.0 Å². The van der Waals surface area contributed by atoms with Gasteiger partial charge in [0.2, 0.25) is 10.0 Å². The summed E-state index contributed by atoms with van der Waals surface area (Å²) in [5.41, 5.74) is 3.52. The van der Waals surface area contributed by atoms with Crippen LogP contribution in [0.4, 0.5) is 5.69 Å². The summed E-state index contributed by atoms with van der Waals surface area (Å²) in [5.74, 6) is 0.355. The molecule has 8 heteroatoms. The molecule has 7 nitrogen and oxygen atoms in total. The molecule has 0 spiro atoms. The molecule has 0 bridgehead atoms. The third-order valence-corrected chi connectivity index (χ3v) is 7.38. The minimum atomic E-state index is -3.60. The Hall–Kier alpha value is -2.42. The van der Waals surface area contributed by atoms with Gasteiger partial charge in [-0.2, -0.15) is 4.31 Å². The number of likely N-dealkylation sites (N-methyl/N-ethyl adjacent to an activating group) is 1. The number of carbonyl (C=O) groups is 1. The van der Waals surface area contributed by atoms with Gasteiger partial charge in [-0.05, 0) is 56.6 Å². The second kappa shape index (κ2) is 9.80. The van der Waals surface area contributed by atoms with Crippen molar-refractivity contribution in [2.24, 2.45) is 0 Å². The Balaban J connectivity index is 1.64. The van der Waals surface area contributed by atoms with Crippen LogP contribution in [0, 0.1) is 20.8 Å². The van der Waals surface area contributed by atoms with E-state index in [1.54, 1.807) is 18.2 Å². The minimum Gasteiger partial charge on any atom is -0.483 e. The van der Waals surface area contributed by atoms with Crippen LogP contribution in [0.2, 0.25) is 0 Å². The molecule has 1 aliphatic rings. The molecule has 0 radical (unpaired) electrons. The Morgan fingerprint density at radius 1 is 1.03 bits per heavy atom. The van der Waals surface area contributed by atoms with Crippen LogP contribution in [0.15, 0.2) is 41.3 Å². The maximum absolute atomic E-state index is 13.0. The molecule has 1 aliphatic heterocycles. The summed E-state index contributed by atoms with van der Waals surface area (Å²) in [5, 5.41) is 2.74. The van der Waals surface area contributed by atoms with Gasteiger partial charge in [-0.1, -0.05) is 30.7 Å². The van der Waals surface area contributed by atoms with Crippen molar-refractivity contribution in [2.45, 2.75) is 32.6 Å². The molecule has 0 aliphatic carbocycles. The van der Waals surface area contributed by atoms with Crippen molar-refractivity contribution in [2.75, 3.05) is 44.6 Å². The van der Waals surface area contributed by atoms with Gasteiger partial charge in [0.1, 0.15) is 5.75 Å². The molecule has 1 amide bonds. The fraction of sp³-hybridized carbons (Fsp3) is 0.435. The molecule has 1 fully saturated rings. The van der Waals surface area contributed by atoms with Crippen LogP contribution in [0.3, 0.4) is 0 Å². The average molecular weight is 446 g/mol. The molecule has 0 saturated carbocycles. The van der Waals surface area contributed by atoms with Crippen molar-refractivity contribution < 1.29 is 17.9 Å². The van der Waals surface area contributed by atoms with Crippen LogP contribution in [0.5, 0.6) is 5.75 Å². The van der Waals surface area contributed by atoms with Gasteiger partial charge in [-0.3, -0.25) is 4.79 Å². The predicted molar refractivity (Wildman–Crippen MR) is 122 cm³/mol. The topological polar surface area (TPSA) is 79.0 Å². The summed E-state index contributed by atoms with van der Waals surface area (Å²) >= 11 is 0. The monoisotopic (exact) mass is 445 g/mol. The molecule has 3 rings (SSSR count). The van der Waals surface area contributed by atoms with E-state index in [0.29, 0.717) is 24.5 Å². The lowest BCUT2D eigenvalue weighted by Crippen LogP contribution is -2.48. The molecule has 1 N–H and O–H groups in total. The zero-order valence-electron chi connectivity index (χ0n) is 18.6. The number of anilines is 1. The van der Waals surface area contributed by atoms with Gasteiger partial charge in [-0.25, -0.2) is 8.42 Å². The third kappa shape index (κ3) is 5.64. The quantitative estimate of drug-likeness (QED) is 0.709. The zero-order valence-corrected chi connectivity index (χ0v) is 19.5. The van der Waals surface area contributed by atoms with Crippen molar-refractivity contribution in [3.63, 3.8) is 0 Å². The summed E-state index contributed by atoms with van der Waals surface area (Å²) in [6.45, 7) is 11.1. The maximum atomic E-state index is 13.0. The number of rotatable bonds is 7. The minimum absolute atomic E-state index is 0.152. The molecular formula is C23H31N3O4S. The predicted octanol–water partition coefficient (Wildman–Crippen LogP) is 2.96.